The zero-order valence-corrected chi connectivity index (χ0v) is 16.0. The van der Waals surface area contributed by atoms with E-state index in [-0.39, 0.29) is 11.4 Å². The fourth-order valence-electron chi connectivity index (χ4n) is 3.28. The van der Waals surface area contributed by atoms with Crippen LogP contribution in [0, 0.1) is 0 Å². The van der Waals surface area contributed by atoms with Gasteiger partial charge in [0.2, 0.25) is 0 Å². The van der Waals surface area contributed by atoms with Crippen molar-refractivity contribution >= 4 is 57.6 Å². The first kappa shape index (κ1) is 16.8. The first-order chi connectivity index (χ1) is 10.7. The van der Waals surface area contributed by atoms with Crippen LogP contribution in [0.15, 0.2) is 17.0 Å². The average molecular weight is 367 g/mol. The molecule has 122 valence electrons. The van der Waals surface area contributed by atoms with Crippen LogP contribution in [0.1, 0.15) is 44.2 Å². The molecule has 2 aliphatic heterocycles. The zero-order chi connectivity index (χ0) is 16.9. The smallest absolute Gasteiger partial charge is 0.263 e. The summed E-state index contributed by atoms with van der Waals surface area (Å²) in [5.41, 5.74) is 3.41. The number of carbonyl (C=O) groups is 1. The van der Waals surface area contributed by atoms with E-state index < -0.39 is 0 Å². The standard InChI is InChI=1S/C17H19ClN2OS2/c1-9-8-17(2,3)20(4)13-7-12(18)10(5-11(9)13)6-14-15(21)19-16(22)23-14/h5-7,9H,8H2,1-4H3,(H,19,21,22)/b14-6+. The first-order valence-corrected chi connectivity index (χ1v) is 9.11. The fraction of sp³-hybridized carbons (Fsp3) is 0.412. The van der Waals surface area contributed by atoms with Crippen molar-refractivity contribution in [2.45, 2.75) is 38.6 Å². The number of fused-ring (bicyclic) bond motifs is 1. The van der Waals surface area contributed by atoms with Gasteiger partial charge in [-0.2, -0.15) is 0 Å². The summed E-state index contributed by atoms with van der Waals surface area (Å²) in [6, 6.07) is 4.12. The maximum absolute atomic E-state index is 11.9. The van der Waals surface area contributed by atoms with Crippen LogP contribution in [0.5, 0.6) is 0 Å². The van der Waals surface area contributed by atoms with Crippen molar-refractivity contribution in [2.75, 3.05) is 11.9 Å². The number of nitrogens with zero attached hydrogens (tertiary/aromatic N) is 1. The van der Waals surface area contributed by atoms with Crippen LogP contribution >= 0.6 is 35.6 Å². The van der Waals surface area contributed by atoms with E-state index in [4.69, 9.17) is 23.8 Å². The third kappa shape index (κ3) is 3.02. The van der Waals surface area contributed by atoms with Gasteiger partial charge in [-0.3, -0.25) is 4.79 Å². The van der Waals surface area contributed by atoms with Crippen molar-refractivity contribution in [1.29, 1.82) is 0 Å². The van der Waals surface area contributed by atoms with Crippen molar-refractivity contribution < 1.29 is 4.79 Å². The van der Waals surface area contributed by atoms with Crippen LogP contribution in [0.4, 0.5) is 5.69 Å². The molecular weight excluding hydrogens is 348 g/mol. The molecule has 0 aromatic heterocycles. The van der Waals surface area contributed by atoms with Crippen LogP contribution < -0.4 is 10.2 Å². The molecule has 1 saturated heterocycles. The normalized spacial score (nSPS) is 24.8. The van der Waals surface area contributed by atoms with Gasteiger partial charge in [0.25, 0.3) is 5.91 Å². The van der Waals surface area contributed by atoms with Crippen LogP contribution in [0.25, 0.3) is 6.08 Å². The highest BCUT2D eigenvalue weighted by atomic mass is 35.5. The van der Waals surface area contributed by atoms with Crippen molar-refractivity contribution in [3.05, 3.63) is 33.2 Å². The van der Waals surface area contributed by atoms with E-state index in [0.29, 0.717) is 20.2 Å². The molecule has 0 aliphatic carbocycles. The Kier molecular flexibility index (Phi) is 4.23. The lowest BCUT2D eigenvalue weighted by Crippen LogP contribution is -2.45. The minimum absolute atomic E-state index is 0.100. The lowest BCUT2D eigenvalue weighted by atomic mass is 9.80. The SMILES string of the molecule is CC1CC(C)(C)N(C)c2cc(Cl)c(/C=C3/SC(=S)NC3=O)cc21. The molecule has 3 nitrogen and oxygen atoms in total. The van der Waals surface area contributed by atoms with Gasteiger partial charge in [0.05, 0.1) is 4.91 Å². The minimum Gasteiger partial charge on any atom is -0.369 e. The maximum Gasteiger partial charge on any atom is 0.263 e. The Morgan fingerprint density at radius 3 is 2.78 bits per heavy atom. The average Bonchev–Trinajstić information content (AvgIpc) is 2.76. The maximum atomic E-state index is 11.9. The number of hydrogen-bond donors (Lipinski definition) is 1. The van der Waals surface area contributed by atoms with Crippen LogP contribution in [-0.4, -0.2) is 22.8 Å². The fourth-order valence-corrected chi connectivity index (χ4v) is 4.53. The Hall–Kier alpha value is -1.04. The van der Waals surface area contributed by atoms with Crippen LogP contribution in [0.3, 0.4) is 0 Å². The van der Waals surface area contributed by atoms with E-state index in [1.165, 1.54) is 23.0 Å². The van der Waals surface area contributed by atoms with Gasteiger partial charge in [0, 0.05) is 23.3 Å². The minimum atomic E-state index is -0.153. The molecule has 1 aromatic rings. The second-order valence-corrected chi connectivity index (χ2v) is 8.89. The Morgan fingerprint density at radius 1 is 1.48 bits per heavy atom. The summed E-state index contributed by atoms with van der Waals surface area (Å²) in [6.45, 7) is 6.73. The summed E-state index contributed by atoms with van der Waals surface area (Å²) in [5, 5.41) is 3.28. The van der Waals surface area contributed by atoms with Gasteiger partial charge >= 0.3 is 0 Å². The molecule has 0 spiro atoms. The van der Waals surface area contributed by atoms with E-state index in [2.05, 4.69) is 44.1 Å². The first-order valence-electron chi connectivity index (χ1n) is 7.51. The molecule has 2 heterocycles. The van der Waals surface area contributed by atoms with Crippen LogP contribution in [-0.2, 0) is 4.79 Å². The molecule has 0 saturated carbocycles. The number of amides is 1. The van der Waals surface area contributed by atoms with Gasteiger partial charge in [0.1, 0.15) is 4.32 Å². The number of thioether (sulfide) groups is 1. The zero-order valence-electron chi connectivity index (χ0n) is 13.6. The van der Waals surface area contributed by atoms with Gasteiger partial charge in [-0.25, -0.2) is 0 Å². The third-order valence-corrected chi connectivity index (χ3v) is 6.17. The molecule has 1 amide bonds. The molecule has 1 atom stereocenters. The highest BCUT2D eigenvalue weighted by Crippen LogP contribution is 2.44. The Balaban J connectivity index is 2.06. The molecule has 6 heteroatoms. The lowest BCUT2D eigenvalue weighted by molar-refractivity contribution is -0.115. The summed E-state index contributed by atoms with van der Waals surface area (Å²) in [7, 11) is 2.11. The Morgan fingerprint density at radius 2 is 2.17 bits per heavy atom. The summed E-state index contributed by atoms with van der Waals surface area (Å²) >= 11 is 12.8. The van der Waals surface area contributed by atoms with Crippen molar-refractivity contribution in [3.63, 3.8) is 0 Å². The molecule has 1 unspecified atom stereocenters. The molecule has 0 bridgehead atoms. The number of anilines is 1. The van der Waals surface area contributed by atoms with Gasteiger partial charge in [-0.15, -0.1) is 0 Å². The highest BCUT2D eigenvalue weighted by Gasteiger charge is 2.34. The molecule has 1 N–H and O–H groups in total. The predicted molar refractivity (Wildman–Crippen MR) is 103 cm³/mol. The van der Waals surface area contributed by atoms with E-state index in [0.717, 1.165) is 12.0 Å². The predicted octanol–water partition coefficient (Wildman–Crippen LogP) is 4.55. The molecule has 0 radical (unpaired) electrons. The van der Waals surface area contributed by atoms with Gasteiger partial charge in [0.15, 0.2) is 0 Å². The van der Waals surface area contributed by atoms with Crippen LogP contribution in [0.2, 0.25) is 5.02 Å². The molecule has 3 rings (SSSR count). The van der Waals surface area contributed by atoms with E-state index >= 15 is 0 Å². The number of halogens is 1. The topological polar surface area (TPSA) is 32.3 Å². The quantitative estimate of drug-likeness (QED) is 0.583. The number of rotatable bonds is 1. The molecule has 1 fully saturated rings. The number of nitrogens with one attached hydrogen (secondary N) is 1. The van der Waals surface area contributed by atoms with Crippen molar-refractivity contribution in [3.8, 4) is 0 Å². The van der Waals surface area contributed by atoms with Crippen molar-refractivity contribution in [1.82, 2.24) is 5.32 Å². The van der Waals surface area contributed by atoms with Gasteiger partial charge < -0.3 is 10.2 Å². The number of benzene rings is 1. The number of thiocarbonyl (C=S) groups is 1. The number of hydrogen-bond acceptors (Lipinski definition) is 4. The molecule has 23 heavy (non-hydrogen) atoms. The van der Waals surface area contributed by atoms with E-state index in [9.17, 15) is 4.79 Å². The molecular formula is C17H19ClN2OS2. The Bertz CT molecular complexity index is 742. The lowest BCUT2D eigenvalue weighted by Gasteiger charge is -2.45. The monoisotopic (exact) mass is 366 g/mol. The summed E-state index contributed by atoms with van der Waals surface area (Å²) in [6.07, 6.45) is 2.90. The van der Waals surface area contributed by atoms with E-state index in [1.54, 1.807) is 0 Å². The van der Waals surface area contributed by atoms with Gasteiger partial charge in [-0.05, 0) is 55.5 Å². The summed E-state index contributed by atoms with van der Waals surface area (Å²) < 4.78 is 0.491. The number of carbonyl (C=O) groups excluding carboxylic acids is 1. The summed E-state index contributed by atoms with van der Waals surface area (Å²) in [4.78, 5) is 14.7. The second kappa shape index (κ2) is 5.80. The third-order valence-electron chi connectivity index (χ3n) is 4.68. The van der Waals surface area contributed by atoms with Gasteiger partial charge in [-0.1, -0.05) is 42.5 Å². The summed E-state index contributed by atoms with van der Waals surface area (Å²) in [5.74, 6) is 0.289. The van der Waals surface area contributed by atoms with E-state index in [1.807, 2.05) is 12.1 Å². The largest absolute Gasteiger partial charge is 0.369 e. The second-order valence-electron chi connectivity index (χ2n) is 6.76. The Labute approximate surface area is 151 Å². The van der Waals surface area contributed by atoms with Crippen molar-refractivity contribution in [2.24, 2.45) is 0 Å². The molecule has 2 aliphatic rings. The highest BCUT2D eigenvalue weighted by molar-refractivity contribution is 8.26. The molecule has 1 aromatic carbocycles.